The molecule has 0 saturated carbocycles. The Labute approximate surface area is 172 Å². The van der Waals surface area contributed by atoms with Crippen molar-refractivity contribution in [2.75, 3.05) is 11.9 Å². The summed E-state index contributed by atoms with van der Waals surface area (Å²) in [5.74, 6) is -1.35. The molecule has 2 fully saturated rings. The summed E-state index contributed by atoms with van der Waals surface area (Å²) in [6.45, 7) is 10.7. The second-order valence-electron chi connectivity index (χ2n) is 9.33. The van der Waals surface area contributed by atoms with Crippen LogP contribution in [0.1, 0.15) is 56.7 Å². The largest absolute Gasteiger partial charge is 0.324 e. The van der Waals surface area contributed by atoms with Gasteiger partial charge in [0.2, 0.25) is 17.7 Å². The molecule has 3 heterocycles. The average Bonchev–Trinajstić information content (AvgIpc) is 3.20. The van der Waals surface area contributed by atoms with E-state index in [2.05, 4.69) is 24.5 Å². The van der Waals surface area contributed by atoms with Gasteiger partial charge in [-0.1, -0.05) is 44.9 Å². The zero-order chi connectivity index (χ0) is 21.1. The van der Waals surface area contributed by atoms with Crippen LogP contribution >= 0.6 is 0 Å². The zero-order valence-electron chi connectivity index (χ0n) is 18.0. The Bertz CT molecular complexity index is 894. The Morgan fingerprint density at radius 2 is 1.86 bits per heavy atom. The summed E-state index contributed by atoms with van der Waals surface area (Å²) in [5, 5.41) is 6.54. The number of amides is 3. The van der Waals surface area contributed by atoms with E-state index in [0.29, 0.717) is 12.5 Å². The average molecular weight is 398 g/mol. The number of aryl methyl sites for hydroxylation is 2. The van der Waals surface area contributed by atoms with Crippen LogP contribution in [0.4, 0.5) is 5.69 Å². The number of fused-ring (bicyclic) bond motifs is 4. The minimum absolute atomic E-state index is 0.117. The summed E-state index contributed by atoms with van der Waals surface area (Å²) in [6.07, 6.45) is 2.44. The van der Waals surface area contributed by atoms with Gasteiger partial charge in [-0.3, -0.25) is 24.6 Å². The fraction of sp³-hybridized carbons (Fsp3) is 0.609. The number of nitrogens with zero attached hydrogens (tertiary/aromatic N) is 1. The van der Waals surface area contributed by atoms with Gasteiger partial charge in [0, 0.05) is 23.8 Å². The van der Waals surface area contributed by atoms with Crippen LogP contribution in [0.2, 0.25) is 0 Å². The van der Waals surface area contributed by atoms with Gasteiger partial charge in [0.15, 0.2) is 0 Å². The highest BCUT2D eigenvalue weighted by atomic mass is 16.2. The summed E-state index contributed by atoms with van der Waals surface area (Å²) in [7, 11) is 0. The number of hydrogen-bond acceptors (Lipinski definition) is 4. The van der Waals surface area contributed by atoms with Crippen molar-refractivity contribution in [3.8, 4) is 0 Å². The predicted octanol–water partition coefficient (Wildman–Crippen LogP) is 2.87. The van der Waals surface area contributed by atoms with E-state index in [9.17, 15) is 14.4 Å². The number of nitrogens with one attached hydrogen (secondary N) is 2. The van der Waals surface area contributed by atoms with Crippen molar-refractivity contribution < 1.29 is 14.4 Å². The third-order valence-electron chi connectivity index (χ3n) is 6.72. The lowest BCUT2D eigenvalue weighted by Gasteiger charge is -2.30. The summed E-state index contributed by atoms with van der Waals surface area (Å²) in [5.41, 5.74) is 2.46. The van der Waals surface area contributed by atoms with Gasteiger partial charge >= 0.3 is 0 Å². The molecule has 0 aromatic heterocycles. The molecule has 4 atom stereocenters. The Balaban J connectivity index is 1.86. The number of rotatable bonds is 5. The molecule has 2 saturated heterocycles. The number of hydrogen-bond donors (Lipinski definition) is 2. The first kappa shape index (κ1) is 20.1. The van der Waals surface area contributed by atoms with Gasteiger partial charge < -0.3 is 5.32 Å². The molecule has 4 rings (SSSR count). The van der Waals surface area contributed by atoms with Crippen LogP contribution < -0.4 is 10.6 Å². The predicted molar refractivity (Wildman–Crippen MR) is 111 cm³/mol. The molecule has 3 aliphatic heterocycles. The molecule has 0 aliphatic carbocycles. The van der Waals surface area contributed by atoms with Crippen LogP contribution in [-0.2, 0) is 19.9 Å². The minimum Gasteiger partial charge on any atom is -0.324 e. The molecule has 6 heteroatoms. The maximum absolute atomic E-state index is 13.5. The van der Waals surface area contributed by atoms with Gasteiger partial charge in [-0.2, -0.15) is 0 Å². The number of carbonyl (C=O) groups is 3. The molecule has 156 valence electrons. The Hall–Kier alpha value is -2.21. The van der Waals surface area contributed by atoms with Crippen molar-refractivity contribution in [1.29, 1.82) is 0 Å². The fourth-order valence-corrected chi connectivity index (χ4v) is 5.56. The van der Waals surface area contributed by atoms with E-state index in [-0.39, 0.29) is 23.8 Å². The van der Waals surface area contributed by atoms with E-state index in [1.807, 2.05) is 32.9 Å². The van der Waals surface area contributed by atoms with Gasteiger partial charge in [0.25, 0.3) is 0 Å². The Morgan fingerprint density at radius 3 is 2.52 bits per heavy atom. The quantitative estimate of drug-likeness (QED) is 0.749. The van der Waals surface area contributed by atoms with Gasteiger partial charge in [-0.25, -0.2) is 0 Å². The molecule has 3 aliphatic rings. The summed E-state index contributed by atoms with van der Waals surface area (Å²) in [4.78, 5) is 41.7. The molecule has 0 bridgehead atoms. The third kappa shape index (κ3) is 2.75. The lowest BCUT2D eigenvalue weighted by molar-refractivity contribution is -0.142. The zero-order valence-corrected chi connectivity index (χ0v) is 18.0. The van der Waals surface area contributed by atoms with Crippen LogP contribution in [0.5, 0.6) is 0 Å². The van der Waals surface area contributed by atoms with Crippen molar-refractivity contribution in [2.24, 2.45) is 17.8 Å². The molecule has 4 unspecified atom stereocenters. The lowest BCUT2D eigenvalue weighted by atomic mass is 9.75. The molecule has 2 N–H and O–H groups in total. The van der Waals surface area contributed by atoms with Gasteiger partial charge in [0.05, 0.1) is 11.8 Å². The standard InChI is InChI=1S/C23H31N3O3/c1-6-7-8-26-20(27)17-16(9-12(2)3)25-23(18(17)21(26)28)15-11-13(4)10-14(5)19(15)24-22(23)29/h10-12,16-18,25H,6-9H2,1-5H3,(H,24,29). The topological polar surface area (TPSA) is 78.5 Å². The maximum atomic E-state index is 13.5. The highest BCUT2D eigenvalue weighted by Crippen LogP contribution is 2.54. The fourth-order valence-electron chi connectivity index (χ4n) is 5.56. The van der Waals surface area contributed by atoms with E-state index in [1.165, 1.54) is 4.90 Å². The van der Waals surface area contributed by atoms with E-state index >= 15 is 0 Å². The van der Waals surface area contributed by atoms with E-state index < -0.39 is 17.4 Å². The molecular formula is C23H31N3O3. The van der Waals surface area contributed by atoms with E-state index in [4.69, 9.17) is 0 Å². The van der Waals surface area contributed by atoms with Crippen LogP contribution in [0.15, 0.2) is 12.1 Å². The number of likely N-dealkylation sites (tertiary alicyclic amines) is 1. The van der Waals surface area contributed by atoms with Crippen molar-refractivity contribution >= 4 is 23.4 Å². The summed E-state index contributed by atoms with van der Waals surface area (Å²) >= 11 is 0. The van der Waals surface area contributed by atoms with Crippen molar-refractivity contribution in [3.05, 3.63) is 28.8 Å². The first-order chi connectivity index (χ1) is 13.7. The molecule has 0 radical (unpaired) electrons. The lowest BCUT2D eigenvalue weighted by Crippen LogP contribution is -2.53. The number of carbonyl (C=O) groups excluding carboxylic acids is 3. The molecule has 1 aromatic carbocycles. The summed E-state index contributed by atoms with van der Waals surface area (Å²) in [6, 6.07) is 3.83. The van der Waals surface area contributed by atoms with Gasteiger partial charge in [0.1, 0.15) is 5.54 Å². The number of unbranched alkanes of at least 4 members (excludes halogenated alkanes) is 1. The second-order valence-corrected chi connectivity index (χ2v) is 9.33. The van der Waals surface area contributed by atoms with Crippen molar-refractivity contribution in [3.63, 3.8) is 0 Å². The van der Waals surface area contributed by atoms with Crippen molar-refractivity contribution in [1.82, 2.24) is 10.2 Å². The summed E-state index contributed by atoms with van der Waals surface area (Å²) < 4.78 is 0. The van der Waals surface area contributed by atoms with Crippen LogP contribution in [-0.4, -0.2) is 35.2 Å². The Kier molecular flexibility index (Phi) is 4.80. The van der Waals surface area contributed by atoms with Crippen LogP contribution in [0.3, 0.4) is 0 Å². The first-order valence-corrected chi connectivity index (χ1v) is 10.8. The monoisotopic (exact) mass is 397 g/mol. The molecule has 29 heavy (non-hydrogen) atoms. The number of imide groups is 1. The van der Waals surface area contributed by atoms with Crippen LogP contribution in [0.25, 0.3) is 0 Å². The molecule has 6 nitrogen and oxygen atoms in total. The maximum Gasteiger partial charge on any atom is 0.250 e. The molecular weight excluding hydrogens is 366 g/mol. The highest BCUT2D eigenvalue weighted by molar-refractivity contribution is 6.15. The highest BCUT2D eigenvalue weighted by Gasteiger charge is 2.70. The molecule has 1 spiro atoms. The second kappa shape index (κ2) is 6.94. The minimum atomic E-state index is -1.16. The van der Waals surface area contributed by atoms with E-state index in [0.717, 1.165) is 41.6 Å². The Morgan fingerprint density at radius 1 is 1.14 bits per heavy atom. The van der Waals surface area contributed by atoms with Crippen molar-refractivity contribution in [2.45, 2.75) is 65.5 Å². The third-order valence-corrected chi connectivity index (χ3v) is 6.72. The van der Waals surface area contributed by atoms with Gasteiger partial charge in [-0.15, -0.1) is 0 Å². The SMILES string of the molecule is CCCCN1C(=O)C2C(CC(C)C)NC3(C(=O)Nc4c(C)cc(C)cc43)C2C1=O. The normalized spacial score (nSPS) is 30.5. The first-order valence-electron chi connectivity index (χ1n) is 10.8. The van der Waals surface area contributed by atoms with Gasteiger partial charge in [-0.05, 0) is 38.2 Å². The van der Waals surface area contributed by atoms with E-state index in [1.54, 1.807) is 0 Å². The smallest absolute Gasteiger partial charge is 0.250 e. The molecule has 3 amide bonds. The number of benzene rings is 1. The van der Waals surface area contributed by atoms with Crippen LogP contribution in [0, 0.1) is 31.6 Å². The molecule has 1 aromatic rings. The number of anilines is 1.